The summed E-state index contributed by atoms with van der Waals surface area (Å²) in [4.78, 5) is 18.1. The van der Waals surface area contributed by atoms with E-state index in [9.17, 15) is 4.79 Å². The SMILES string of the molecule is CCOc1ccccc1NC(=O)C1=C(C)Nc2nc(SCC)nn2C1/C=C/c1ccccc1. The molecule has 1 aliphatic heterocycles. The van der Waals surface area contributed by atoms with E-state index in [1.165, 1.54) is 0 Å². The van der Waals surface area contributed by atoms with E-state index >= 15 is 0 Å². The lowest BCUT2D eigenvalue weighted by Gasteiger charge is -2.26. The van der Waals surface area contributed by atoms with Gasteiger partial charge in [-0.2, -0.15) is 4.98 Å². The molecule has 0 saturated carbocycles. The Hall–Kier alpha value is -3.52. The van der Waals surface area contributed by atoms with Crippen LogP contribution in [0.1, 0.15) is 32.4 Å². The number of nitrogens with zero attached hydrogens (tertiary/aromatic N) is 3. The third-order valence-corrected chi connectivity index (χ3v) is 5.82. The summed E-state index contributed by atoms with van der Waals surface area (Å²) < 4.78 is 7.45. The molecule has 8 heteroatoms. The van der Waals surface area contributed by atoms with Gasteiger partial charge >= 0.3 is 0 Å². The van der Waals surface area contributed by atoms with Gasteiger partial charge < -0.3 is 15.4 Å². The van der Waals surface area contributed by atoms with Crippen LogP contribution >= 0.6 is 11.8 Å². The molecule has 0 aliphatic carbocycles. The Labute approximate surface area is 197 Å². The summed E-state index contributed by atoms with van der Waals surface area (Å²) >= 11 is 1.56. The molecule has 7 nitrogen and oxygen atoms in total. The van der Waals surface area contributed by atoms with Crippen LogP contribution in [0.4, 0.5) is 11.6 Å². The van der Waals surface area contributed by atoms with Gasteiger partial charge in [0.2, 0.25) is 11.1 Å². The average Bonchev–Trinajstić information content (AvgIpc) is 3.21. The quantitative estimate of drug-likeness (QED) is 0.438. The number of amides is 1. The Kier molecular flexibility index (Phi) is 7.14. The molecule has 0 radical (unpaired) electrons. The number of rotatable bonds is 8. The number of para-hydroxylation sites is 2. The summed E-state index contributed by atoms with van der Waals surface area (Å²) in [5, 5.41) is 11.6. The average molecular weight is 462 g/mol. The minimum atomic E-state index is -0.417. The molecule has 1 aromatic heterocycles. The summed E-state index contributed by atoms with van der Waals surface area (Å²) in [7, 11) is 0. The number of fused-ring (bicyclic) bond motifs is 1. The zero-order chi connectivity index (χ0) is 23.2. The summed E-state index contributed by atoms with van der Waals surface area (Å²) in [5.41, 5.74) is 2.97. The highest BCUT2D eigenvalue weighted by molar-refractivity contribution is 7.99. The number of thioether (sulfide) groups is 1. The van der Waals surface area contributed by atoms with Gasteiger partial charge in [-0.05, 0) is 37.3 Å². The van der Waals surface area contributed by atoms with Crippen molar-refractivity contribution in [2.45, 2.75) is 32.0 Å². The van der Waals surface area contributed by atoms with Crippen molar-refractivity contribution in [3.63, 3.8) is 0 Å². The molecule has 1 unspecified atom stereocenters. The monoisotopic (exact) mass is 461 g/mol. The number of allylic oxidation sites excluding steroid dienone is 2. The largest absolute Gasteiger partial charge is 0.492 e. The second kappa shape index (κ2) is 10.4. The number of ether oxygens (including phenoxy) is 1. The van der Waals surface area contributed by atoms with Crippen molar-refractivity contribution in [1.29, 1.82) is 0 Å². The molecule has 1 atom stereocenters. The van der Waals surface area contributed by atoms with Gasteiger partial charge in [-0.15, -0.1) is 5.10 Å². The minimum Gasteiger partial charge on any atom is -0.492 e. The van der Waals surface area contributed by atoms with Gasteiger partial charge in [-0.25, -0.2) is 4.68 Å². The van der Waals surface area contributed by atoms with Crippen molar-refractivity contribution in [1.82, 2.24) is 14.8 Å². The second-order valence-electron chi connectivity index (χ2n) is 7.36. The van der Waals surface area contributed by atoms with Crippen LogP contribution in [0.15, 0.2) is 77.1 Å². The van der Waals surface area contributed by atoms with Crippen molar-refractivity contribution in [3.05, 3.63) is 77.5 Å². The van der Waals surface area contributed by atoms with Crippen LogP contribution in [0.5, 0.6) is 5.75 Å². The van der Waals surface area contributed by atoms with E-state index in [2.05, 4.69) is 27.6 Å². The molecule has 1 aliphatic rings. The highest BCUT2D eigenvalue weighted by Crippen LogP contribution is 2.34. The summed E-state index contributed by atoms with van der Waals surface area (Å²) in [6.45, 7) is 6.37. The maximum Gasteiger partial charge on any atom is 0.255 e. The molecule has 0 spiro atoms. The highest BCUT2D eigenvalue weighted by Gasteiger charge is 2.32. The first kappa shape index (κ1) is 22.7. The molecule has 0 bridgehead atoms. The number of nitrogens with one attached hydrogen (secondary N) is 2. The zero-order valence-electron chi connectivity index (χ0n) is 18.9. The lowest BCUT2D eigenvalue weighted by Crippen LogP contribution is -2.30. The molecular weight excluding hydrogens is 434 g/mol. The molecule has 0 fully saturated rings. The van der Waals surface area contributed by atoms with Crippen molar-refractivity contribution in [2.24, 2.45) is 0 Å². The Morgan fingerprint density at radius 1 is 1.18 bits per heavy atom. The molecule has 2 aromatic carbocycles. The molecule has 3 aromatic rings. The van der Waals surface area contributed by atoms with Crippen LogP contribution < -0.4 is 15.4 Å². The van der Waals surface area contributed by atoms with E-state index in [0.29, 0.717) is 34.7 Å². The van der Waals surface area contributed by atoms with Crippen LogP contribution in [0.2, 0.25) is 0 Å². The molecule has 170 valence electrons. The Morgan fingerprint density at radius 2 is 1.94 bits per heavy atom. The van der Waals surface area contributed by atoms with Gasteiger partial charge in [0, 0.05) is 5.70 Å². The van der Waals surface area contributed by atoms with E-state index in [-0.39, 0.29) is 5.91 Å². The van der Waals surface area contributed by atoms with Crippen molar-refractivity contribution < 1.29 is 9.53 Å². The maximum atomic E-state index is 13.5. The van der Waals surface area contributed by atoms with Crippen LogP contribution in [0.3, 0.4) is 0 Å². The van der Waals surface area contributed by atoms with Gasteiger partial charge in [0.15, 0.2) is 0 Å². The Balaban J connectivity index is 1.70. The first-order chi connectivity index (χ1) is 16.1. The van der Waals surface area contributed by atoms with E-state index < -0.39 is 6.04 Å². The third-order valence-electron chi connectivity index (χ3n) is 5.10. The fourth-order valence-electron chi connectivity index (χ4n) is 3.64. The summed E-state index contributed by atoms with van der Waals surface area (Å²) in [5.74, 6) is 1.90. The summed E-state index contributed by atoms with van der Waals surface area (Å²) in [6, 6.07) is 17.0. The molecule has 4 rings (SSSR count). The van der Waals surface area contributed by atoms with E-state index in [1.807, 2.05) is 80.6 Å². The molecular formula is C25H27N5O2S. The van der Waals surface area contributed by atoms with E-state index in [0.717, 1.165) is 17.0 Å². The van der Waals surface area contributed by atoms with Crippen molar-refractivity contribution in [3.8, 4) is 5.75 Å². The molecule has 2 heterocycles. The van der Waals surface area contributed by atoms with Crippen molar-refractivity contribution in [2.75, 3.05) is 23.0 Å². The Morgan fingerprint density at radius 3 is 2.70 bits per heavy atom. The van der Waals surface area contributed by atoms with E-state index in [4.69, 9.17) is 4.74 Å². The first-order valence-electron chi connectivity index (χ1n) is 10.9. The van der Waals surface area contributed by atoms with Gasteiger partial charge in [-0.1, -0.05) is 73.3 Å². The molecule has 0 saturated heterocycles. The number of anilines is 2. The predicted molar refractivity (Wildman–Crippen MR) is 133 cm³/mol. The molecule has 2 N–H and O–H groups in total. The van der Waals surface area contributed by atoms with Crippen LogP contribution in [0.25, 0.3) is 6.08 Å². The van der Waals surface area contributed by atoms with Gasteiger partial charge in [0.25, 0.3) is 5.91 Å². The number of carbonyl (C=O) groups excluding carboxylic acids is 1. The number of aromatic nitrogens is 3. The normalized spacial score (nSPS) is 15.3. The van der Waals surface area contributed by atoms with Crippen molar-refractivity contribution >= 4 is 35.4 Å². The molecule has 33 heavy (non-hydrogen) atoms. The Bertz CT molecular complexity index is 1190. The number of carbonyl (C=O) groups is 1. The first-order valence-corrected chi connectivity index (χ1v) is 11.9. The highest BCUT2D eigenvalue weighted by atomic mass is 32.2. The van der Waals surface area contributed by atoms with Gasteiger partial charge in [0.1, 0.15) is 11.8 Å². The second-order valence-corrected chi connectivity index (χ2v) is 8.59. The minimum absolute atomic E-state index is 0.222. The van der Waals surface area contributed by atoms with Gasteiger partial charge in [0.05, 0.1) is 17.9 Å². The third kappa shape index (κ3) is 5.12. The fourth-order valence-corrected chi connectivity index (χ4v) is 4.20. The van der Waals surface area contributed by atoms with E-state index in [1.54, 1.807) is 16.4 Å². The van der Waals surface area contributed by atoms with Crippen LogP contribution in [0, 0.1) is 0 Å². The molecule has 1 amide bonds. The lowest BCUT2D eigenvalue weighted by molar-refractivity contribution is -0.113. The smallest absolute Gasteiger partial charge is 0.255 e. The standard InChI is InChI=1S/C25H27N5O2S/c1-4-32-21-14-10-9-13-19(21)27-23(31)22-17(3)26-24-28-25(33-5-2)29-30(24)20(22)16-15-18-11-7-6-8-12-18/h6-16,20H,4-5H2,1-3H3,(H,27,31)(H,26,28,29)/b16-15+. The van der Waals surface area contributed by atoms with Crippen LogP contribution in [-0.2, 0) is 4.79 Å². The zero-order valence-corrected chi connectivity index (χ0v) is 19.7. The number of hydrogen-bond acceptors (Lipinski definition) is 6. The van der Waals surface area contributed by atoms with Gasteiger partial charge in [-0.3, -0.25) is 4.79 Å². The fraction of sp³-hybridized carbons (Fsp3) is 0.240. The summed E-state index contributed by atoms with van der Waals surface area (Å²) in [6.07, 6.45) is 3.99. The van der Waals surface area contributed by atoms with Crippen LogP contribution in [-0.4, -0.2) is 33.0 Å². The maximum absolute atomic E-state index is 13.5. The predicted octanol–water partition coefficient (Wildman–Crippen LogP) is 5.38. The number of benzene rings is 2. The topological polar surface area (TPSA) is 81.1 Å². The number of hydrogen-bond donors (Lipinski definition) is 2. The lowest BCUT2D eigenvalue weighted by atomic mass is 10.0.